The molecule has 0 atom stereocenters. The number of benzene rings is 2. The smallest absolute Gasteiger partial charge is 0.260 e. The Balaban J connectivity index is 1.42. The highest BCUT2D eigenvalue weighted by Crippen LogP contribution is 2.27. The number of rotatable bonds is 4. The molecular weight excluding hydrogens is 398 g/mol. The van der Waals surface area contributed by atoms with Crippen molar-refractivity contribution in [3.05, 3.63) is 100 Å². The van der Waals surface area contributed by atoms with E-state index in [1.165, 1.54) is 11.1 Å². The number of amides is 1. The Morgan fingerprint density at radius 2 is 1.84 bits per heavy atom. The lowest BCUT2D eigenvalue weighted by molar-refractivity contribution is 0.0979. The molecule has 0 unspecified atom stereocenters. The largest absolute Gasteiger partial charge is 0.276 e. The first-order chi connectivity index (χ1) is 15.5. The van der Waals surface area contributed by atoms with Crippen LogP contribution in [-0.2, 0) is 12.8 Å². The third-order valence-corrected chi connectivity index (χ3v) is 6.20. The summed E-state index contributed by atoms with van der Waals surface area (Å²) in [5, 5.41) is 4.28. The van der Waals surface area contributed by atoms with Gasteiger partial charge >= 0.3 is 0 Å². The summed E-state index contributed by atoms with van der Waals surface area (Å²) in [7, 11) is 0. The molecule has 160 valence electrons. The third kappa shape index (κ3) is 3.68. The molecule has 6 heteroatoms. The van der Waals surface area contributed by atoms with Crippen LogP contribution in [0.1, 0.15) is 43.9 Å². The molecule has 32 heavy (non-hydrogen) atoms. The predicted molar refractivity (Wildman–Crippen MR) is 124 cm³/mol. The van der Waals surface area contributed by atoms with E-state index in [1.54, 1.807) is 17.3 Å². The van der Waals surface area contributed by atoms with Gasteiger partial charge in [-0.2, -0.15) is 5.10 Å². The molecule has 5 rings (SSSR count). The standard InChI is InChI=1S/C26H25N5O/c1-17-13-21-9-12-30(26-27-16-18(2)19(3)29-26)25(32)24(21)15-22(17)14-20-5-7-23(8-6-20)31-11-4-10-28-31/h4-8,10-11,13,15-16H,9,12,14H2,1-3H3. The average molecular weight is 424 g/mol. The van der Waals surface area contributed by atoms with Crippen molar-refractivity contribution < 1.29 is 4.79 Å². The van der Waals surface area contributed by atoms with Gasteiger partial charge in [0.1, 0.15) is 0 Å². The number of hydrogen-bond acceptors (Lipinski definition) is 4. The maximum absolute atomic E-state index is 13.3. The van der Waals surface area contributed by atoms with Gasteiger partial charge in [0, 0.05) is 36.4 Å². The van der Waals surface area contributed by atoms with Crippen LogP contribution in [0.3, 0.4) is 0 Å². The molecule has 0 spiro atoms. The number of aromatic nitrogens is 4. The van der Waals surface area contributed by atoms with Gasteiger partial charge in [0.25, 0.3) is 5.91 Å². The lowest BCUT2D eigenvalue weighted by Gasteiger charge is -2.28. The molecule has 1 aliphatic rings. The van der Waals surface area contributed by atoms with Crippen LogP contribution in [0.5, 0.6) is 0 Å². The fourth-order valence-electron chi connectivity index (χ4n) is 4.13. The van der Waals surface area contributed by atoms with Crippen LogP contribution in [0.15, 0.2) is 61.1 Å². The van der Waals surface area contributed by atoms with Gasteiger partial charge in [-0.25, -0.2) is 14.6 Å². The SMILES string of the molecule is Cc1cc2c(cc1Cc1ccc(-n3cccn3)cc1)C(=O)N(c1ncc(C)c(C)n1)CC2. The lowest BCUT2D eigenvalue weighted by atomic mass is 9.91. The average Bonchev–Trinajstić information content (AvgIpc) is 3.33. The highest BCUT2D eigenvalue weighted by Gasteiger charge is 2.28. The van der Waals surface area contributed by atoms with E-state index >= 15 is 0 Å². The van der Waals surface area contributed by atoms with Crippen molar-refractivity contribution in [3.8, 4) is 5.69 Å². The van der Waals surface area contributed by atoms with Crippen LogP contribution in [-0.4, -0.2) is 32.2 Å². The fraction of sp³-hybridized carbons (Fsp3) is 0.231. The van der Waals surface area contributed by atoms with Crippen molar-refractivity contribution in [2.24, 2.45) is 0 Å². The lowest BCUT2D eigenvalue weighted by Crippen LogP contribution is -2.39. The molecule has 0 fully saturated rings. The van der Waals surface area contributed by atoms with Crippen LogP contribution in [0.2, 0.25) is 0 Å². The topological polar surface area (TPSA) is 63.9 Å². The second-order valence-corrected chi connectivity index (χ2v) is 8.37. The van der Waals surface area contributed by atoms with E-state index in [4.69, 9.17) is 0 Å². The monoisotopic (exact) mass is 423 g/mol. The first-order valence-corrected chi connectivity index (χ1v) is 10.8. The Hall–Kier alpha value is -3.80. The molecule has 0 saturated carbocycles. The highest BCUT2D eigenvalue weighted by molar-refractivity contribution is 6.07. The molecule has 0 saturated heterocycles. The summed E-state index contributed by atoms with van der Waals surface area (Å²) >= 11 is 0. The molecular formula is C26H25N5O. The summed E-state index contributed by atoms with van der Waals surface area (Å²) in [6.45, 7) is 6.64. The summed E-state index contributed by atoms with van der Waals surface area (Å²) in [6.07, 6.45) is 7.06. The summed E-state index contributed by atoms with van der Waals surface area (Å²) < 4.78 is 1.84. The van der Waals surface area contributed by atoms with Crippen molar-refractivity contribution in [1.82, 2.24) is 19.7 Å². The summed E-state index contributed by atoms with van der Waals surface area (Å²) in [4.78, 5) is 24.0. The number of nitrogens with zero attached hydrogens (tertiary/aromatic N) is 5. The van der Waals surface area contributed by atoms with Gasteiger partial charge < -0.3 is 0 Å². The Morgan fingerprint density at radius 3 is 2.56 bits per heavy atom. The number of hydrogen-bond donors (Lipinski definition) is 0. The molecule has 1 amide bonds. The van der Waals surface area contributed by atoms with E-state index in [0.29, 0.717) is 12.5 Å². The molecule has 3 heterocycles. The first kappa shape index (κ1) is 20.1. The van der Waals surface area contributed by atoms with E-state index in [1.807, 2.05) is 30.8 Å². The van der Waals surface area contributed by atoms with E-state index < -0.39 is 0 Å². The second-order valence-electron chi connectivity index (χ2n) is 8.37. The fourth-order valence-corrected chi connectivity index (χ4v) is 4.13. The third-order valence-electron chi connectivity index (χ3n) is 6.20. The Labute approximate surface area is 187 Å². The normalized spacial score (nSPS) is 13.3. The van der Waals surface area contributed by atoms with Gasteiger partial charge in [0.15, 0.2) is 0 Å². The molecule has 0 aliphatic carbocycles. The van der Waals surface area contributed by atoms with Gasteiger partial charge in [-0.3, -0.25) is 9.69 Å². The molecule has 2 aromatic heterocycles. The van der Waals surface area contributed by atoms with Gasteiger partial charge in [-0.05, 0) is 85.7 Å². The minimum atomic E-state index is -0.0233. The van der Waals surface area contributed by atoms with Crippen molar-refractivity contribution in [1.29, 1.82) is 0 Å². The van der Waals surface area contributed by atoms with Crippen molar-refractivity contribution >= 4 is 11.9 Å². The van der Waals surface area contributed by atoms with E-state index in [0.717, 1.165) is 46.5 Å². The highest BCUT2D eigenvalue weighted by atomic mass is 16.2. The quantitative estimate of drug-likeness (QED) is 0.489. The molecule has 2 aromatic carbocycles. The summed E-state index contributed by atoms with van der Waals surface area (Å²) in [6, 6.07) is 14.5. The maximum atomic E-state index is 13.3. The molecule has 0 N–H and O–H groups in total. The molecule has 0 radical (unpaired) electrons. The molecule has 6 nitrogen and oxygen atoms in total. The Morgan fingerprint density at radius 1 is 1.03 bits per heavy atom. The van der Waals surface area contributed by atoms with Crippen LogP contribution in [0.4, 0.5) is 5.95 Å². The van der Waals surface area contributed by atoms with Crippen molar-refractivity contribution in [2.75, 3.05) is 11.4 Å². The van der Waals surface area contributed by atoms with Crippen molar-refractivity contribution in [3.63, 3.8) is 0 Å². The maximum Gasteiger partial charge on any atom is 0.260 e. The van der Waals surface area contributed by atoms with Crippen LogP contribution < -0.4 is 4.90 Å². The first-order valence-electron chi connectivity index (χ1n) is 10.8. The van der Waals surface area contributed by atoms with Gasteiger partial charge in [0.05, 0.1) is 5.69 Å². The minimum Gasteiger partial charge on any atom is -0.276 e. The minimum absolute atomic E-state index is 0.0233. The second kappa shape index (κ2) is 8.04. The molecule has 1 aliphatic heterocycles. The van der Waals surface area contributed by atoms with Crippen molar-refractivity contribution in [2.45, 2.75) is 33.6 Å². The predicted octanol–water partition coefficient (Wildman–Crippen LogP) is 4.38. The van der Waals surface area contributed by atoms with Crippen LogP contribution in [0.25, 0.3) is 5.69 Å². The van der Waals surface area contributed by atoms with E-state index in [-0.39, 0.29) is 5.91 Å². The number of carbonyl (C=O) groups excluding carboxylic acids is 1. The van der Waals surface area contributed by atoms with E-state index in [2.05, 4.69) is 58.4 Å². The number of aryl methyl sites for hydroxylation is 3. The zero-order valence-electron chi connectivity index (χ0n) is 18.5. The summed E-state index contributed by atoms with van der Waals surface area (Å²) in [5.74, 6) is 0.463. The molecule has 4 aromatic rings. The zero-order valence-corrected chi connectivity index (χ0v) is 18.5. The number of fused-ring (bicyclic) bond motifs is 1. The summed E-state index contributed by atoms with van der Waals surface area (Å²) in [5.41, 5.74) is 8.38. The number of anilines is 1. The van der Waals surface area contributed by atoms with Crippen LogP contribution in [0, 0.1) is 20.8 Å². The van der Waals surface area contributed by atoms with Gasteiger partial charge in [-0.15, -0.1) is 0 Å². The number of carbonyl (C=O) groups is 1. The Kier molecular flexibility index (Phi) is 5.05. The van der Waals surface area contributed by atoms with Gasteiger partial charge in [-0.1, -0.05) is 18.2 Å². The van der Waals surface area contributed by atoms with Gasteiger partial charge in [0.2, 0.25) is 5.95 Å². The Bertz CT molecular complexity index is 1290. The van der Waals surface area contributed by atoms with E-state index in [9.17, 15) is 4.79 Å². The molecule has 0 bridgehead atoms. The van der Waals surface area contributed by atoms with Crippen LogP contribution >= 0.6 is 0 Å². The zero-order chi connectivity index (χ0) is 22.2.